The van der Waals surface area contributed by atoms with Gasteiger partial charge >= 0.3 is 17.8 Å². The van der Waals surface area contributed by atoms with Crippen LogP contribution >= 0.6 is 0 Å². The fourth-order valence-electron chi connectivity index (χ4n) is 3.21. The van der Waals surface area contributed by atoms with Gasteiger partial charge in [-0.1, -0.05) is 18.2 Å². The van der Waals surface area contributed by atoms with Crippen LogP contribution in [0.3, 0.4) is 0 Å². The van der Waals surface area contributed by atoms with E-state index in [1.54, 1.807) is 53.6 Å². The lowest BCUT2D eigenvalue weighted by Crippen LogP contribution is -2.27. The van der Waals surface area contributed by atoms with Crippen molar-refractivity contribution in [3.63, 3.8) is 0 Å². The molecule has 0 bridgehead atoms. The van der Waals surface area contributed by atoms with Gasteiger partial charge in [0.05, 0.1) is 6.54 Å². The topological polar surface area (TPSA) is 108 Å². The molecule has 2 heterocycles. The summed E-state index contributed by atoms with van der Waals surface area (Å²) in [6, 6.07) is 15.5. The minimum atomic E-state index is -0.409. The molecule has 0 aliphatic carbocycles. The molecule has 0 spiro atoms. The Hall–Kier alpha value is -4.14. The second-order valence-corrected chi connectivity index (χ2v) is 6.74. The van der Waals surface area contributed by atoms with Crippen molar-refractivity contribution in [2.24, 2.45) is 0 Å². The van der Waals surface area contributed by atoms with Crippen LogP contribution in [0.1, 0.15) is 5.56 Å². The molecule has 4 rings (SSSR count). The number of hydrogen-bond acceptors (Lipinski definition) is 4. The first-order valence-corrected chi connectivity index (χ1v) is 9.42. The molecular weight excluding hydrogens is 384 g/mol. The summed E-state index contributed by atoms with van der Waals surface area (Å²) in [4.78, 5) is 41.4. The summed E-state index contributed by atoms with van der Waals surface area (Å²) in [5.74, 6) is 0. The van der Waals surface area contributed by atoms with Crippen molar-refractivity contribution in [1.82, 2.24) is 14.9 Å². The summed E-state index contributed by atoms with van der Waals surface area (Å²) in [5, 5.41) is 8.31. The Labute approximate surface area is 172 Å². The van der Waals surface area contributed by atoms with E-state index in [-0.39, 0.29) is 11.7 Å². The van der Waals surface area contributed by atoms with Gasteiger partial charge in [0.15, 0.2) is 0 Å². The maximum atomic E-state index is 12.4. The number of hydrogen-bond donors (Lipinski definition) is 3. The molecule has 3 N–H and O–H groups in total. The van der Waals surface area contributed by atoms with Crippen LogP contribution in [-0.2, 0) is 6.54 Å². The number of rotatable bonds is 5. The van der Waals surface area contributed by atoms with E-state index in [1.807, 2.05) is 12.1 Å². The van der Waals surface area contributed by atoms with Crippen molar-refractivity contribution in [1.29, 1.82) is 0 Å². The Balaban J connectivity index is 1.41. The Bertz CT molecular complexity index is 1140. The van der Waals surface area contributed by atoms with E-state index in [9.17, 15) is 14.4 Å². The van der Waals surface area contributed by atoms with Crippen molar-refractivity contribution < 1.29 is 9.59 Å². The van der Waals surface area contributed by atoms with E-state index in [0.29, 0.717) is 36.7 Å². The first-order valence-electron chi connectivity index (χ1n) is 9.42. The lowest BCUT2D eigenvalue weighted by atomic mass is 10.2. The van der Waals surface area contributed by atoms with Gasteiger partial charge in [0.25, 0.3) is 0 Å². The van der Waals surface area contributed by atoms with E-state index in [2.05, 4.69) is 20.9 Å². The molecule has 9 heteroatoms. The molecular formula is C21H20N6O3. The summed E-state index contributed by atoms with van der Waals surface area (Å²) >= 11 is 0. The highest BCUT2D eigenvalue weighted by molar-refractivity contribution is 6.01. The number of amides is 4. The average Bonchev–Trinajstić information content (AvgIpc) is 3.16. The van der Waals surface area contributed by atoms with E-state index in [1.165, 1.54) is 10.8 Å². The minimum absolute atomic E-state index is 0.152. The van der Waals surface area contributed by atoms with E-state index in [0.717, 1.165) is 5.56 Å². The van der Waals surface area contributed by atoms with Gasteiger partial charge in [-0.2, -0.15) is 0 Å². The van der Waals surface area contributed by atoms with Crippen LogP contribution in [0.25, 0.3) is 0 Å². The van der Waals surface area contributed by atoms with Gasteiger partial charge in [0, 0.05) is 42.5 Å². The fourth-order valence-corrected chi connectivity index (χ4v) is 3.21. The normalized spacial score (nSPS) is 13.1. The molecule has 0 atom stereocenters. The number of urea groups is 2. The van der Waals surface area contributed by atoms with E-state index >= 15 is 0 Å². The predicted molar refractivity (Wildman–Crippen MR) is 114 cm³/mol. The van der Waals surface area contributed by atoms with E-state index < -0.39 is 6.03 Å². The molecule has 1 saturated heterocycles. The maximum Gasteiger partial charge on any atom is 0.347 e. The summed E-state index contributed by atoms with van der Waals surface area (Å²) in [5.41, 5.74) is 2.40. The second kappa shape index (κ2) is 8.48. The molecule has 30 heavy (non-hydrogen) atoms. The van der Waals surface area contributed by atoms with Gasteiger partial charge < -0.3 is 16.0 Å². The standard InChI is InChI=1S/C21H20N6O3/c28-19(25-17-6-2-7-18(13-17)27-11-9-23-21(27)30)24-16-5-1-4-15(12-16)14-26-10-3-8-22-20(26)29/h1-8,10,12-13H,9,11,14H2,(H,23,30)(H2,24,25,28). The highest BCUT2D eigenvalue weighted by Gasteiger charge is 2.21. The van der Waals surface area contributed by atoms with Crippen LogP contribution in [-0.4, -0.2) is 34.7 Å². The Morgan fingerprint density at radius 3 is 2.53 bits per heavy atom. The van der Waals surface area contributed by atoms with Crippen molar-refractivity contribution >= 4 is 29.1 Å². The van der Waals surface area contributed by atoms with Gasteiger partial charge in [-0.15, -0.1) is 0 Å². The lowest BCUT2D eigenvalue weighted by molar-refractivity contribution is 0.252. The number of carbonyl (C=O) groups is 2. The van der Waals surface area contributed by atoms with Gasteiger partial charge in [0.1, 0.15) is 0 Å². The first-order chi connectivity index (χ1) is 14.6. The number of aromatic nitrogens is 2. The number of nitrogens with one attached hydrogen (secondary N) is 3. The summed E-state index contributed by atoms with van der Waals surface area (Å²) in [6.07, 6.45) is 3.11. The van der Waals surface area contributed by atoms with Gasteiger partial charge in [0.2, 0.25) is 0 Å². The van der Waals surface area contributed by atoms with Crippen LogP contribution in [0.4, 0.5) is 26.7 Å². The van der Waals surface area contributed by atoms with Gasteiger partial charge in [-0.05, 0) is 42.0 Å². The average molecular weight is 404 g/mol. The Morgan fingerprint density at radius 2 is 1.80 bits per heavy atom. The molecule has 9 nitrogen and oxygen atoms in total. The SMILES string of the molecule is O=C(Nc1cccc(Cn2cccnc2=O)c1)Nc1cccc(N2CCNC2=O)c1. The summed E-state index contributed by atoms with van der Waals surface area (Å²) < 4.78 is 1.49. The summed E-state index contributed by atoms with van der Waals surface area (Å²) in [6.45, 7) is 1.53. The molecule has 1 fully saturated rings. The highest BCUT2D eigenvalue weighted by atomic mass is 16.2. The monoisotopic (exact) mass is 404 g/mol. The minimum Gasteiger partial charge on any atom is -0.336 e. The zero-order valence-electron chi connectivity index (χ0n) is 16.0. The van der Waals surface area contributed by atoms with Crippen LogP contribution in [0.2, 0.25) is 0 Å². The van der Waals surface area contributed by atoms with Crippen molar-refractivity contribution in [2.45, 2.75) is 6.54 Å². The molecule has 1 aromatic heterocycles. The Morgan fingerprint density at radius 1 is 1.03 bits per heavy atom. The molecule has 3 aromatic rings. The number of nitrogens with zero attached hydrogens (tertiary/aromatic N) is 3. The molecule has 1 aliphatic rings. The molecule has 2 aromatic carbocycles. The Kier molecular flexibility index (Phi) is 5.42. The maximum absolute atomic E-state index is 12.4. The molecule has 0 unspecified atom stereocenters. The van der Waals surface area contributed by atoms with Crippen molar-refractivity contribution in [3.05, 3.63) is 83.0 Å². The third-order valence-corrected chi connectivity index (χ3v) is 4.59. The van der Waals surface area contributed by atoms with E-state index in [4.69, 9.17) is 0 Å². The first kappa shape index (κ1) is 19.2. The molecule has 0 saturated carbocycles. The number of anilines is 3. The fraction of sp³-hybridized carbons (Fsp3) is 0.143. The number of benzene rings is 2. The zero-order valence-corrected chi connectivity index (χ0v) is 16.0. The third kappa shape index (κ3) is 4.46. The van der Waals surface area contributed by atoms with Crippen LogP contribution in [0, 0.1) is 0 Å². The molecule has 4 amide bonds. The zero-order chi connectivity index (χ0) is 20.9. The molecule has 152 valence electrons. The van der Waals surface area contributed by atoms with Crippen LogP contribution < -0.4 is 26.5 Å². The van der Waals surface area contributed by atoms with Crippen LogP contribution in [0.15, 0.2) is 71.8 Å². The largest absolute Gasteiger partial charge is 0.347 e. The molecule has 1 aliphatic heterocycles. The van der Waals surface area contributed by atoms with Gasteiger partial charge in [-0.25, -0.2) is 19.4 Å². The predicted octanol–water partition coefficient (Wildman–Crippen LogP) is 2.47. The van der Waals surface area contributed by atoms with Crippen LogP contribution in [0.5, 0.6) is 0 Å². The molecule has 0 radical (unpaired) electrons. The number of carbonyl (C=O) groups excluding carboxylic acids is 2. The van der Waals surface area contributed by atoms with Crippen molar-refractivity contribution in [2.75, 3.05) is 28.6 Å². The van der Waals surface area contributed by atoms with Gasteiger partial charge in [-0.3, -0.25) is 9.47 Å². The van der Waals surface area contributed by atoms with Crippen molar-refractivity contribution in [3.8, 4) is 0 Å². The summed E-state index contributed by atoms with van der Waals surface area (Å²) in [7, 11) is 0. The highest BCUT2D eigenvalue weighted by Crippen LogP contribution is 2.21. The third-order valence-electron chi connectivity index (χ3n) is 4.59. The smallest absolute Gasteiger partial charge is 0.336 e. The quantitative estimate of drug-likeness (QED) is 0.607. The lowest BCUT2D eigenvalue weighted by Gasteiger charge is -2.16. The second-order valence-electron chi connectivity index (χ2n) is 6.74.